The van der Waals surface area contributed by atoms with E-state index in [1.54, 1.807) is 6.20 Å². The zero-order valence-corrected chi connectivity index (χ0v) is 13.4. The van der Waals surface area contributed by atoms with Gasteiger partial charge in [-0.25, -0.2) is 4.39 Å². The number of nitrogens with zero attached hydrogens (tertiary/aromatic N) is 1. The van der Waals surface area contributed by atoms with Gasteiger partial charge in [0.2, 0.25) is 0 Å². The summed E-state index contributed by atoms with van der Waals surface area (Å²) in [5, 5.41) is 3.34. The average Bonchev–Trinajstić information content (AvgIpc) is 2.34. The van der Waals surface area contributed by atoms with Crippen LogP contribution in [0.4, 0.5) is 10.1 Å². The van der Waals surface area contributed by atoms with E-state index in [1.165, 1.54) is 12.3 Å². The Kier molecular flexibility index (Phi) is 4.55. The minimum Gasteiger partial charge on any atom is -0.378 e. The molecule has 18 heavy (non-hydrogen) atoms. The number of aromatic nitrogens is 1. The van der Waals surface area contributed by atoms with Crippen molar-refractivity contribution in [2.75, 3.05) is 5.32 Å². The number of nitrogens with one attached hydrogen (secondary N) is 1. The number of hydrogen-bond acceptors (Lipinski definition) is 2. The van der Waals surface area contributed by atoms with Gasteiger partial charge in [-0.15, -0.1) is 0 Å². The highest BCUT2D eigenvalue weighted by Gasteiger charge is 2.09. The summed E-state index contributed by atoms with van der Waals surface area (Å²) in [6.45, 7) is 1.97. The molecule has 5 heteroatoms. The summed E-state index contributed by atoms with van der Waals surface area (Å²) in [6, 6.07) is 7.52. The van der Waals surface area contributed by atoms with E-state index in [9.17, 15) is 4.39 Å². The first kappa shape index (κ1) is 13.7. The Balaban J connectivity index is 2.21. The van der Waals surface area contributed by atoms with Gasteiger partial charge in [0.1, 0.15) is 5.82 Å². The number of halogens is 3. The van der Waals surface area contributed by atoms with Crippen LogP contribution in [0.3, 0.4) is 0 Å². The van der Waals surface area contributed by atoms with Crippen LogP contribution in [0.25, 0.3) is 0 Å². The smallest absolute Gasteiger partial charge is 0.141 e. The first-order valence-corrected chi connectivity index (χ1v) is 7.25. The Labute approximate surface area is 127 Å². The number of rotatable bonds is 3. The fourth-order valence-corrected chi connectivity index (χ4v) is 2.44. The fourth-order valence-electron chi connectivity index (χ4n) is 1.59. The molecule has 0 spiro atoms. The van der Waals surface area contributed by atoms with Crippen LogP contribution in [0, 0.1) is 9.39 Å². The number of hydrogen-bond donors (Lipinski definition) is 1. The first-order valence-electron chi connectivity index (χ1n) is 5.38. The summed E-state index contributed by atoms with van der Waals surface area (Å²) in [5.74, 6) is -0.317. The van der Waals surface area contributed by atoms with Crippen molar-refractivity contribution in [2.24, 2.45) is 0 Å². The molecule has 0 radical (unpaired) electrons. The summed E-state index contributed by atoms with van der Waals surface area (Å²) in [6.07, 6.45) is 2.88. The Morgan fingerprint density at radius 2 is 2.11 bits per heavy atom. The van der Waals surface area contributed by atoms with Crippen molar-refractivity contribution in [3.05, 3.63) is 56.1 Å². The van der Waals surface area contributed by atoms with Crippen LogP contribution in [0.15, 0.2) is 41.1 Å². The van der Waals surface area contributed by atoms with Crippen LogP contribution in [0.5, 0.6) is 0 Å². The van der Waals surface area contributed by atoms with Gasteiger partial charge in [-0.2, -0.15) is 0 Å². The van der Waals surface area contributed by atoms with Crippen molar-refractivity contribution in [1.29, 1.82) is 0 Å². The van der Waals surface area contributed by atoms with Crippen LogP contribution >= 0.6 is 38.5 Å². The largest absolute Gasteiger partial charge is 0.378 e. The summed E-state index contributed by atoms with van der Waals surface area (Å²) >= 11 is 5.75. The number of benzene rings is 1. The summed E-state index contributed by atoms with van der Waals surface area (Å²) in [7, 11) is 0. The molecule has 1 atom stereocenters. The molecule has 0 saturated carbocycles. The van der Waals surface area contributed by atoms with E-state index in [4.69, 9.17) is 0 Å². The lowest BCUT2D eigenvalue weighted by molar-refractivity contribution is 0.616. The monoisotopic (exact) mass is 420 g/mol. The SMILES string of the molecule is CC(Nc1cc(I)ccc1Br)c1cncc(F)c1. The molecule has 1 N–H and O–H groups in total. The molecule has 2 nitrogen and oxygen atoms in total. The van der Waals surface area contributed by atoms with E-state index in [0.29, 0.717) is 0 Å². The highest BCUT2D eigenvalue weighted by Crippen LogP contribution is 2.28. The topological polar surface area (TPSA) is 24.9 Å². The Bertz CT molecular complexity index is 562. The Morgan fingerprint density at radius 3 is 2.83 bits per heavy atom. The van der Waals surface area contributed by atoms with E-state index in [0.717, 1.165) is 19.3 Å². The third kappa shape index (κ3) is 3.41. The molecule has 1 unspecified atom stereocenters. The molecule has 0 aliphatic carbocycles. The van der Waals surface area contributed by atoms with E-state index in [1.807, 2.05) is 25.1 Å². The number of pyridine rings is 1. The van der Waals surface area contributed by atoms with Crippen LogP contribution < -0.4 is 5.32 Å². The molecule has 0 amide bonds. The lowest BCUT2D eigenvalue weighted by Crippen LogP contribution is -2.08. The van der Waals surface area contributed by atoms with Crippen molar-refractivity contribution in [3.8, 4) is 0 Å². The van der Waals surface area contributed by atoms with E-state index < -0.39 is 0 Å². The van der Waals surface area contributed by atoms with E-state index in [-0.39, 0.29) is 11.9 Å². The lowest BCUT2D eigenvalue weighted by atomic mass is 10.1. The van der Waals surface area contributed by atoms with Crippen LogP contribution in [-0.2, 0) is 0 Å². The minimum atomic E-state index is -0.317. The van der Waals surface area contributed by atoms with Gasteiger partial charge in [0.05, 0.1) is 12.2 Å². The molecular formula is C13H11BrFIN2. The third-order valence-electron chi connectivity index (χ3n) is 2.53. The van der Waals surface area contributed by atoms with E-state index in [2.05, 4.69) is 48.8 Å². The van der Waals surface area contributed by atoms with Crippen LogP contribution in [-0.4, -0.2) is 4.98 Å². The molecule has 0 fully saturated rings. The predicted molar refractivity (Wildman–Crippen MR) is 83.1 cm³/mol. The molecule has 0 saturated heterocycles. The quantitative estimate of drug-likeness (QED) is 0.724. The summed E-state index contributed by atoms with van der Waals surface area (Å²) in [5.41, 5.74) is 1.81. The van der Waals surface area contributed by atoms with Gasteiger partial charge in [-0.05, 0) is 75.3 Å². The average molecular weight is 421 g/mol. The third-order valence-corrected chi connectivity index (χ3v) is 3.89. The molecule has 0 aliphatic rings. The molecule has 1 aromatic heterocycles. The van der Waals surface area contributed by atoms with Gasteiger partial charge in [0.15, 0.2) is 0 Å². The van der Waals surface area contributed by atoms with E-state index >= 15 is 0 Å². The summed E-state index contributed by atoms with van der Waals surface area (Å²) in [4.78, 5) is 3.86. The van der Waals surface area contributed by atoms with Crippen LogP contribution in [0.2, 0.25) is 0 Å². The fraction of sp³-hybridized carbons (Fsp3) is 0.154. The minimum absolute atomic E-state index is 0.0114. The van der Waals surface area contributed by atoms with Gasteiger partial charge in [-0.1, -0.05) is 0 Å². The van der Waals surface area contributed by atoms with Crippen LogP contribution in [0.1, 0.15) is 18.5 Å². The highest BCUT2D eigenvalue weighted by molar-refractivity contribution is 14.1. The molecule has 94 valence electrons. The summed E-state index contributed by atoms with van der Waals surface area (Å²) < 4.78 is 15.2. The van der Waals surface area contributed by atoms with Crippen molar-refractivity contribution < 1.29 is 4.39 Å². The molecule has 0 bridgehead atoms. The predicted octanol–water partition coefficient (Wildman–Crippen LogP) is 4.76. The second-order valence-electron chi connectivity index (χ2n) is 3.93. The van der Waals surface area contributed by atoms with Gasteiger partial charge < -0.3 is 5.32 Å². The standard InChI is InChI=1S/C13H11BrFIN2/c1-8(9-4-10(15)7-17-6-9)18-13-5-11(16)2-3-12(13)14/h2-8,18H,1H3. The Morgan fingerprint density at radius 1 is 1.33 bits per heavy atom. The zero-order chi connectivity index (χ0) is 13.1. The maximum atomic E-state index is 13.1. The second-order valence-corrected chi connectivity index (χ2v) is 6.03. The molecular weight excluding hydrogens is 410 g/mol. The molecule has 1 aromatic carbocycles. The molecule has 2 aromatic rings. The van der Waals surface area contributed by atoms with Gasteiger partial charge in [0, 0.05) is 19.9 Å². The second kappa shape index (κ2) is 5.97. The maximum absolute atomic E-state index is 13.1. The van der Waals surface area contributed by atoms with Gasteiger partial charge >= 0.3 is 0 Å². The Hall–Kier alpha value is -0.690. The van der Waals surface area contributed by atoms with Crippen molar-refractivity contribution in [3.63, 3.8) is 0 Å². The zero-order valence-electron chi connectivity index (χ0n) is 9.62. The molecule has 2 rings (SSSR count). The molecule has 1 heterocycles. The van der Waals surface area contributed by atoms with Crippen molar-refractivity contribution >= 4 is 44.2 Å². The molecule has 0 aliphatic heterocycles. The highest BCUT2D eigenvalue weighted by atomic mass is 127. The maximum Gasteiger partial charge on any atom is 0.141 e. The first-order chi connectivity index (χ1) is 8.56. The van der Waals surface area contributed by atoms with Crippen molar-refractivity contribution in [2.45, 2.75) is 13.0 Å². The van der Waals surface area contributed by atoms with Crippen molar-refractivity contribution in [1.82, 2.24) is 4.98 Å². The van der Waals surface area contributed by atoms with Gasteiger partial charge in [0.25, 0.3) is 0 Å². The normalized spacial score (nSPS) is 12.2. The number of anilines is 1. The lowest BCUT2D eigenvalue weighted by Gasteiger charge is -2.16. The van der Waals surface area contributed by atoms with Gasteiger partial charge in [-0.3, -0.25) is 4.98 Å².